The zero-order chi connectivity index (χ0) is 20.5. The quantitative estimate of drug-likeness (QED) is 0.700. The Balaban J connectivity index is 1.55. The van der Waals surface area contributed by atoms with Gasteiger partial charge in [0.05, 0.1) is 19.1 Å². The molecule has 1 saturated heterocycles. The summed E-state index contributed by atoms with van der Waals surface area (Å²) in [5.41, 5.74) is 2.45. The van der Waals surface area contributed by atoms with Crippen LogP contribution in [0, 0.1) is 0 Å². The highest BCUT2D eigenvalue weighted by Crippen LogP contribution is 2.26. The average Bonchev–Trinajstić information content (AvgIpc) is 2.76. The van der Waals surface area contributed by atoms with Gasteiger partial charge in [-0.05, 0) is 55.8 Å². The van der Waals surface area contributed by atoms with Crippen molar-refractivity contribution in [1.82, 2.24) is 10.2 Å². The number of hydrogen-bond donors (Lipinski definition) is 1. The number of likely N-dealkylation sites (tertiary alicyclic amines) is 1. The molecule has 1 fully saturated rings. The van der Waals surface area contributed by atoms with E-state index >= 15 is 0 Å². The monoisotopic (exact) mass is 395 g/mol. The number of benzene rings is 2. The van der Waals surface area contributed by atoms with Crippen molar-refractivity contribution in [3.63, 3.8) is 0 Å². The molecule has 3 rings (SSSR count). The molecule has 1 heterocycles. The number of carbonyl (C=O) groups excluding carboxylic acids is 1. The van der Waals surface area contributed by atoms with Gasteiger partial charge in [0.2, 0.25) is 5.91 Å². The molecule has 2 aromatic carbocycles. The molecule has 1 amide bonds. The van der Waals surface area contributed by atoms with Gasteiger partial charge in [0.25, 0.3) is 0 Å². The van der Waals surface area contributed by atoms with Gasteiger partial charge in [-0.25, -0.2) is 0 Å². The van der Waals surface area contributed by atoms with Crippen LogP contribution in [0.1, 0.15) is 37.3 Å². The first-order valence-corrected chi connectivity index (χ1v) is 10.6. The smallest absolute Gasteiger partial charge is 0.223 e. The first-order valence-electron chi connectivity index (χ1n) is 10.6. The predicted octanol–water partition coefficient (Wildman–Crippen LogP) is 3.86. The summed E-state index contributed by atoms with van der Waals surface area (Å²) in [4.78, 5) is 17.0. The van der Waals surface area contributed by atoms with Crippen LogP contribution in [-0.4, -0.2) is 51.1 Å². The van der Waals surface area contributed by atoms with E-state index in [9.17, 15) is 4.79 Å². The maximum atomic E-state index is 12.4. The number of carbonyl (C=O) groups is 1. The molecule has 0 spiro atoms. The number of nitrogens with one attached hydrogen (secondary N) is 1. The maximum Gasteiger partial charge on any atom is 0.223 e. The summed E-state index contributed by atoms with van der Waals surface area (Å²) in [5, 5.41) is 3.13. The Bertz CT molecular complexity index is 740. The lowest BCUT2D eigenvalue weighted by atomic mass is 10.0. The molecule has 1 aliphatic heterocycles. The van der Waals surface area contributed by atoms with Crippen LogP contribution < -0.4 is 15.0 Å². The summed E-state index contributed by atoms with van der Waals surface area (Å²) in [6.45, 7) is 3.20. The second kappa shape index (κ2) is 10.9. The third-order valence-corrected chi connectivity index (χ3v) is 5.46. The van der Waals surface area contributed by atoms with Crippen LogP contribution in [0.5, 0.6) is 5.75 Å². The number of piperidine rings is 1. The fourth-order valence-electron chi connectivity index (χ4n) is 3.76. The second-order valence-corrected chi connectivity index (χ2v) is 7.81. The lowest BCUT2D eigenvalue weighted by molar-refractivity contribution is -0.121. The Morgan fingerprint density at radius 2 is 1.72 bits per heavy atom. The van der Waals surface area contributed by atoms with Crippen LogP contribution in [-0.2, 0) is 4.79 Å². The number of anilines is 1. The van der Waals surface area contributed by atoms with E-state index in [1.54, 1.807) is 0 Å². The number of nitrogens with zero attached hydrogens (tertiary/aromatic N) is 2. The molecule has 1 atom stereocenters. The van der Waals surface area contributed by atoms with Gasteiger partial charge in [-0.15, -0.1) is 0 Å². The molecule has 5 nitrogen and oxygen atoms in total. The van der Waals surface area contributed by atoms with Crippen molar-refractivity contribution in [2.75, 3.05) is 45.2 Å². The Morgan fingerprint density at radius 1 is 1.03 bits per heavy atom. The Morgan fingerprint density at radius 3 is 2.38 bits per heavy atom. The zero-order valence-corrected chi connectivity index (χ0v) is 17.6. The molecule has 1 aliphatic rings. The molecular formula is C24H33N3O2. The summed E-state index contributed by atoms with van der Waals surface area (Å²) in [5.74, 6) is 0.834. The number of hydrogen-bond acceptors (Lipinski definition) is 4. The maximum absolute atomic E-state index is 12.4. The summed E-state index contributed by atoms with van der Waals surface area (Å²) >= 11 is 0. The molecule has 156 valence electrons. The van der Waals surface area contributed by atoms with Crippen molar-refractivity contribution in [2.45, 2.75) is 31.7 Å². The molecule has 2 aromatic rings. The van der Waals surface area contributed by atoms with E-state index in [2.05, 4.69) is 53.5 Å². The number of ether oxygens (including phenoxy) is 1. The summed E-state index contributed by atoms with van der Waals surface area (Å²) in [6, 6.07) is 18.5. The van der Waals surface area contributed by atoms with Crippen molar-refractivity contribution in [3.8, 4) is 5.75 Å². The van der Waals surface area contributed by atoms with Crippen molar-refractivity contribution >= 4 is 11.6 Å². The van der Waals surface area contributed by atoms with Crippen LogP contribution in [0.3, 0.4) is 0 Å². The minimum atomic E-state index is 0.0350. The lowest BCUT2D eigenvalue weighted by Gasteiger charge is -2.35. The average molecular weight is 396 g/mol. The highest BCUT2D eigenvalue weighted by atomic mass is 16.5. The third kappa shape index (κ3) is 6.50. The second-order valence-electron chi connectivity index (χ2n) is 7.81. The van der Waals surface area contributed by atoms with Crippen LogP contribution in [0.25, 0.3) is 0 Å². The number of para-hydroxylation sites is 1. The Hall–Kier alpha value is -2.53. The Labute approximate surface area is 174 Å². The van der Waals surface area contributed by atoms with Gasteiger partial charge in [0.15, 0.2) is 0 Å². The predicted molar refractivity (Wildman–Crippen MR) is 118 cm³/mol. The van der Waals surface area contributed by atoms with Gasteiger partial charge in [0.1, 0.15) is 5.75 Å². The van der Waals surface area contributed by atoms with E-state index in [1.165, 1.54) is 30.5 Å². The normalized spacial score (nSPS) is 15.5. The first-order chi connectivity index (χ1) is 14.1. The van der Waals surface area contributed by atoms with Gasteiger partial charge >= 0.3 is 0 Å². The fraction of sp³-hybridized carbons (Fsp3) is 0.458. The number of amides is 1. The van der Waals surface area contributed by atoms with E-state index in [1.807, 2.05) is 30.3 Å². The minimum Gasteiger partial charge on any atom is -0.493 e. The van der Waals surface area contributed by atoms with Gasteiger partial charge in [0, 0.05) is 26.3 Å². The van der Waals surface area contributed by atoms with Crippen LogP contribution in [0.15, 0.2) is 54.6 Å². The highest BCUT2D eigenvalue weighted by Gasteiger charge is 2.23. The molecular weight excluding hydrogens is 362 g/mol. The van der Waals surface area contributed by atoms with Crippen LogP contribution in [0.2, 0.25) is 0 Å². The molecule has 1 N–H and O–H groups in total. The van der Waals surface area contributed by atoms with Gasteiger partial charge in [-0.2, -0.15) is 0 Å². The SMILES string of the molecule is CN(C)c1ccc(C(CNC(=O)CCOc2ccccc2)N2CCCCC2)cc1. The van der Waals surface area contributed by atoms with E-state index in [4.69, 9.17) is 4.74 Å². The van der Waals surface area contributed by atoms with Crippen LogP contribution >= 0.6 is 0 Å². The molecule has 0 bridgehead atoms. The summed E-state index contributed by atoms with van der Waals surface area (Å²) < 4.78 is 5.64. The van der Waals surface area contributed by atoms with E-state index in [-0.39, 0.29) is 11.9 Å². The molecule has 29 heavy (non-hydrogen) atoms. The lowest BCUT2D eigenvalue weighted by Crippen LogP contribution is -2.40. The highest BCUT2D eigenvalue weighted by molar-refractivity contribution is 5.76. The third-order valence-electron chi connectivity index (χ3n) is 5.46. The van der Waals surface area contributed by atoms with Crippen molar-refractivity contribution in [1.29, 1.82) is 0 Å². The van der Waals surface area contributed by atoms with Crippen molar-refractivity contribution < 1.29 is 9.53 Å². The van der Waals surface area contributed by atoms with Crippen molar-refractivity contribution in [2.24, 2.45) is 0 Å². The molecule has 0 saturated carbocycles. The topological polar surface area (TPSA) is 44.8 Å². The zero-order valence-electron chi connectivity index (χ0n) is 17.6. The van der Waals surface area contributed by atoms with Crippen molar-refractivity contribution in [3.05, 3.63) is 60.2 Å². The molecule has 0 aliphatic carbocycles. The molecule has 0 radical (unpaired) electrons. The summed E-state index contributed by atoms with van der Waals surface area (Å²) in [6.07, 6.45) is 4.11. The van der Waals surface area contributed by atoms with E-state index in [0.717, 1.165) is 18.8 Å². The van der Waals surface area contributed by atoms with Gasteiger partial charge < -0.3 is 15.0 Å². The molecule has 5 heteroatoms. The van der Waals surface area contributed by atoms with Crippen LogP contribution in [0.4, 0.5) is 5.69 Å². The largest absolute Gasteiger partial charge is 0.493 e. The number of rotatable bonds is 9. The molecule has 1 unspecified atom stereocenters. The van der Waals surface area contributed by atoms with E-state index in [0.29, 0.717) is 19.6 Å². The van der Waals surface area contributed by atoms with Gasteiger partial charge in [-0.1, -0.05) is 36.8 Å². The fourth-order valence-corrected chi connectivity index (χ4v) is 3.76. The van der Waals surface area contributed by atoms with Gasteiger partial charge in [-0.3, -0.25) is 9.69 Å². The molecule has 0 aromatic heterocycles. The minimum absolute atomic E-state index is 0.0350. The first kappa shape index (κ1) is 21.2. The van der Waals surface area contributed by atoms with E-state index < -0.39 is 0 Å². The standard InChI is InChI=1S/C24H33N3O2/c1-26(2)21-13-11-20(12-14-21)23(27-16-7-4-8-17-27)19-25-24(28)15-18-29-22-9-5-3-6-10-22/h3,5-6,9-14,23H,4,7-8,15-19H2,1-2H3,(H,25,28). The summed E-state index contributed by atoms with van der Waals surface area (Å²) in [7, 11) is 4.10. The Kier molecular flexibility index (Phi) is 7.94.